The molecule has 1 nitrogen and oxygen atoms in total. The van der Waals surface area contributed by atoms with E-state index in [-0.39, 0.29) is 0 Å². The quantitative estimate of drug-likeness (QED) is 0.536. The van der Waals surface area contributed by atoms with Crippen LogP contribution in [-0.4, -0.2) is 32.4 Å². The van der Waals surface area contributed by atoms with E-state index in [1.165, 1.54) is 9.19 Å². The third-order valence-corrected chi connectivity index (χ3v) is 4.47. The first-order valence-electron chi connectivity index (χ1n) is 2.89. The van der Waals surface area contributed by atoms with E-state index in [0.29, 0.717) is 0 Å². The molecule has 0 radical (unpaired) electrons. The molecule has 1 rings (SSSR count). The van der Waals surface area contributed by atoms with Gasteiger partial charge < -0.3 is 0 Å². The van der Waals surface area contributed by atoms with E-state index < -0.39 is 0 Å². The second kappa shape index (κ2) is 3.17. The Morgan fingerprint density at radius 2 is 2.00 bits per heavy atom. The third-order valence-electron chi connectivity index (χ3n) is 1.07. The number of rotatable bonds is 0. The molecular formula is C6H9NS3. The molecule has 0 amide bonds. The van der Waals surface area contributed by atoms with Gasteiger partial charge in [0.25, 0.3) is 0 Å². The van der Waals surface area contributed by atoms with E-state index in [4.69, 9.17) is 12.2 Å². The summed E-state index contributed by atoms with van der Waals surface area (Å²) in [5.41, 5.74) is 0. The van der Waals surface area contributed by atoms with Crippen molar-refractivity contribution in [3.63, 3.8) is 0 Å². The van der Waals surface area contributed by atoms with Crippen LogP contribution in [0.1, 0.15) is 6.92 Å². The van der Waals surface area contributed by atoms with Crippen molar-refractivity contribution in [2.24, 2.45) is 0 Å². The molecule has 1 aliphatic heterocycles. The van der Waals surface area contributed by atoms with Gasteiger partial charge in [0.05, 0.1) is 4.20 Å². The van der Waals surface area contributed by atoms with Crippen molar-refractivity contribution in [1.82, 2.24) is 4.90 Å². The fourth-order valence-corrected chi connectivity index (χ4v) is 3.10. The molecule has 0 aromatic rings. The molecule has 0 fully saturated rings. The molecular weight excluding hydrogens is 182 g/mol. The number of thiocarbonyl (C=S) groups is 1. The first-order valence-corrected chi connectivity index (χ1v) is 4.93. The van der Waals surface area contributed by atoms with Crippen LogP contribution in [0.3, 0.4) is 0 Å². The van der Waals surface area contributed by atoms with Crippen molar-refractivity contribution in [1.29, 1.82) is 0 Å². The lowest BCUT2D eigenvalue weighted by Gasteiger charge is -2.06. The van der Waals surface area contributed by atoms with Gasteiger partial charge in [-0.2, -0.15) is 0 Å². The summed E-state index contributed by atoms with van der Waals surface area (Å²) >= 11 is 6.78. The van der Waals surface area contributed by atoms with Crippen LogP contribution >= 0.6 is 34.9 Å². The molecule has 0 atom stereocenters. The summed E-state index contributed by atoms with van der Waals surface area (Å²) < 4.78 is 2.30. The zero-order valence-corrected chi connectivity index (χ0v) is 8.62. The number of nitrogens with zero attached hydrogens (tertiary/aromatic N) is 1. The standard InChI is InChI=1S/C6H9NS3/c1-4-5(8)10-6(9-4)7(2)3/h1-3H3. The normalized spacial score (nSPS) is 18.6. The molecule has 0 spiro atoms. The average Bonchev–Trinajstić information content (AvgIpc) is 2.13. The van der Waals surface area contributed by atoms with Crippen LogP contribution in [-0.2, 0) is 0 Å². The Balaban J connectivity index is 2.87. The van der Waals surface area contributed by atoms with Crippen LogP contribution in [0.4, 0.5) is 0 Å². The minimum Gasteiger partial charge on any atom is -0.267 e. The molecule has 4 heteroatoms. The summed E-state index contributed by atoms with van der Waals surface area (Å²) in [6.07, 6.45) is 0. The Bertz CT molecular complexity index is 235. The van der Waals surface area contributed by atoms with Gasteiger partial charge >= 0.3 is 0 Å². The van der Waals surface area contributed by atoms with Crippen LogP contribution in [0.25, 0.3) is 0 Å². The fraction of sp³-hybridized carbons (Fsp3) is 0.500. The summed E-state index contributed by atoms with van der Waals surface area (Å²) in [5, 5.41) is 0. The highest BCUT2D eigenvalue weighted by atomic mass is 32.2. The lowest BCUT2D eigenvalue weighted by molar-refractivity contribution is 0.648. The van der Waals surface area contributed by atoms with E-state index in [2.05, 4.69) is 11.8 Å². The lowest BCUT2D eigenvalue weighted by Crippen LogP contribution is -2.15. The molecule has 0 saturated carbocycles. The van der Waals surface area contributed by atoms with Crippen LogP contribution in [0, 0.1) is 0 Å². The second-order valence-corrected chi connectivity index (χ2v) is 5.34. The van der Waals surface area contributed by atoms with E-state index >= 15 is 0 Å². The van der Waals surface area contributed by atoms with Gasteiger partial charge in [0, 0.05) is 4.86 Å². The zero-order chi connectivity index (χ0) is 7.72. The minimum absolute atomic E-state index is 1.02. The third kappa shape index (κ3) is 1.69. The van der Waals surface area contributed by atoms with Gasteiger partial charge in [-0.25, -0.2) is 0 Å². The SMILES string of the molecule is CC1=S=C(N(C)C)SC1=S. The Labute approximate surface area is 74.3 Å². The van der Waals surface area contributed by atoms with Crippen LogP contribution in [0.15, 0.2) is 0 Å². The van der Waals surface area contributed by atoms with Gasteiger partial charge in [-0.15, -0.1) is 10.9 Å². The Hall–Kier alpha value is 0.360. The largest absolute Gasteiger partial charge is 0.267 e. The second-order valence-electron chi connectivity index (χ2n) is 2.21. The molecule has 0 aromatic carbocycles. The van der Waals surface area contributed by atoms with Crippen molar-refractivity contribution >= 4 is 48.3 Å². The first-order chi connectivity index (χ1) is 4.61. The number of thioether (sulfide) groups is 1. The van der Waals surface area contributed by atoms with Crippen molar-refractivity contribution in [2.45, 2.75) is 6.92 Å². The smallest absolute Gasteiger partial charge is 0.111 e. The maximum absolute atomic E-state index is 5.10. The molecule has 56 valence electrons. The molecule has 0 unspecified atom stereocenters. The zero-order valence-electron chi connectivity index (χ0n) is 6.17. The molecule has 0 aromatic heterocycles. The lowest BCUT2D eigenvalue weighted by atomic mass is 10.6. The summed E-state index contributed by atoms with van der Waals surface area (Å²) in [5.74, 6) is 0. The predicted octanol–water partition coefficient (Wildman–Crippen LogP) is 1.64. The van der Waals surface area contributed by atoms with Crippen molar-refractivity contribution in [2.75, 3.05) is 14.1 Å². The van der Waals surface area contributed by atoms with Crippen molar-refractivity contribution < 1.29 is 0 Å². The first kappa shape index (κ1) is 8.46. The van der Waals surface area contributed by atoms with Gasteiger partial charge in [-0.1, -0.05) is 24.0 Å². The Morgan fingerprint density at radius 3 is 2.20 bits per heavy atom. The van der Waals surface area contributed by atoms with Crippen LogP contribution < -0.4 is 0 Å². The summed E-state index contributed by atoms with van der Waals surface area (Å²) in [7, 11) is 5.84. The Kier molecular flexibility index (Phi) is 2.68. The van der Waals surface area contributed by atoms with E-state index in [1.54, 1.807) is 22.7 Å². The molecule has 0 aliphatic carbocycles. The van der Waals surface area contributed by atoms with Crippen LogP contribution in [0.2, 0.25) is 0 Å². The van der Waals surface area contributed by atoms with Crippen molar-refractivity contribution in [3.8, 4) is 0 Å². The maximum atomic E-state index is 5.10. The summed E-state index contributed by atoms with van der Waals surface area (Å²) in [6, 6.07) is 0. The van der Waals surface area contributed by atoms with Gasteiger partial charge in [-0.3, -0.25) is 4.90 Å². The van der Waals surface area contributed by atoms with Gasteiger partial charge in [-0.05, 0) is 21.0 Å². The number of hydrogen-bond acceptors (Lipinski definition) is 3. The van der Waals surface area contributed by atoms with Gasteiger partial charge in [0.1, 0.15) is 4.32 Å². The number of hydrogen-bond donors (Lipinski definition) is 0. The predicted molar refractivity (Wildman–Crippen MR) is 57.2 cm³/mol. The average molecular weight is 191 g/mol. The fourth-order valence-electron chi connectivity index (χ4n) is 0.527. The maximum Gasteiger partial charge on any atom is 0.111 e. The van der Waals surface area contributed by atoms with Crippen LogP contribution in [0.5, 0.6) is 0 Å². The van der Waals surface area contributed by atoms with Crippen molar-refractivity contribution in [3.05, 3.63) is 0 Å². The highest BCUT2D eigenvalue weighted by Crippen LogP contribution is 2.19. The molecule has 0 saturated heterocycles. The topological polar surface area (TPSA) is 3.24 Å². The monoisotopic (exact) mass is 191 g/mol. The molecule has 10 heavy (non-hydrogen) atoms. The Morgan fingerprint density at radius 1 is 1.40 bits per heavy atom. The highest BCUT2D eigenvalue weighted by molar-refractivity contribution is 8.46. The van der Waals surface area contributed by atoms with E-state index in [1.807, 2.05) is 14.1 Å². The van der Waals surface area contributed by atoms with Gasteiger partial charge in [0.2, 0.25) is 0 Å². The minimum atomic E-state index is 1.02. The molecule has 1 aliphatic rings. The molecule has 0 bridgehead atoms. The highest BCUT2D eigenvalue weighted by Gasteiger charge is 2.13. The molecule has 0 N–H and O–H groups in total. The molecule has 1 heterocycles. The van der Waals surface area contributed by atoms with E-state index in [0.717, 1.165) is 4.20 Å². The summed E-state index contributed by atoms with van der Waals surface area (Å²) in [4.78, 5) is 3.35. The van der Waals surface area contributed by atoms with E-state index in [9.17, 15) is 0 Å². The summed E-state index contributed by atoms with van der Waals surface area (Å²) in [6.45, 7) is 2.07. The van der Waals surface area contributed by atoms with Gasteiger partial charge in [0.15, 0.2) is 0 Å².